The quantitative estimate of drug-likeness (QED) is 0.129. The molecule has 0 aliphatic carbocycles. The van der Waals surface area contributed by atoms with Crippen molar-refractivity contribution in [2.45, 2.75) is 116 Å². The lowest BCUT2D eigenvalue weighted by Gasteiger charge is -2.09. The highest BCUT2D eigenvalue weighted by Gasteiger charge is 2.40. The topological polar surface area (TPSA) is 21.8 Å². The van der Waals surface area contributed by atoms with Gasteiger partial charge in [-0.25, -0.2) is 0 Å². The molecular formula is C28H46O2. The van der Waals surface area contributed by atoms with Crippen LogP contribution < -0.4 is 4.74 Å². The van der Waals surface area contributed by atoms with Crippen LogP contribution in [0, 0.1) is 0 Å². The zero-order chi connectivity index (χ0) is 21.3. The standard InChI is InChI=1S/C28H46O2/c1-3-4-5-6-7-8-9-10-11-12-13-14-15-16-17-18-19-26-20-22-27(23-21-26)29-24-28(2)25-30-28/h10-11,20-23H,3-9,12-19,24-25H2,1-2H3/b11-10+. The highest BCUT2D eigenvalue weighted by atomic mass is 16.6. The van der Waals surface area contributed by atoms with Crippen LogP contribution in [0.5, 0.6) is 5.75 Å². The Hall–Kier alpha value is -1.28. The molecule has 0 spiro atoms. The molecule has 0 N–H and O–H groups in total. The lowest BCUT2D eigenvalue weighted by Crippen LogP contribution is -2.16. The van der Waals surface area contributed by atoms with E-state index in [1.54, 1.807) is 0 Å². The van der Waals surface area contributed by atoms with Crippen LogP contribution in [0.3, 0.4) is 0 Å². The van der Waals surface area contributed by atoms with Gasteiger partial charge in [-0.2, -0.15) is 0 Å². The van der Waals surface area contributed by atoms with E-state index in [4.69, 9.17) is 9.47 Å². The van der Waals surface area contributed by atoms with E-state index >= 15 is 0 Å². The lowest BCUT2D eigenvalue weighted by atomic mass is 10.0. The van der Waals surface area contributed by atoms with Crippen molar-refractivity contribution in [2.75, 3.05) is 13.2 Å². The first-order valence-corrected chi connectivity index (χ1v) is 12.7. The highest BCUT2D eigenvalue weighted by molar-refractivity contribution is 5.27. The van der Waals surface area contributed by atoms with Gasteiger partial charge in [0.2, 0.25) is 0 Å². The minimum atomic E-state index is -0.0392. The molecule has 0 bridgehead atoms. The van der Waals surface area contributed by atoms with Crippen LogP contribution in [0.2, 0.25) is 0 Å². The number of rotatable bonds is 19. The number of hydrogen-bond acceptors (Lipinski definition) is 2. The second-order valence-corrected chi connectivity index (χ2v) is 9.36. The van der Waals surface area contributed by atoms with Crippen molar-refractivity contribution in [3.8, 4) is 5.75 Å². The van der Waals surface area contributed by atoms with Gasteiger partial charge in [0, 0.05) is 0 Å². The molecule has 1 aromatic rings. The normalized spacial score (nSPS) is 18.2. The summed E-state index contributed by atoms with van der Waals surface area (Å²) >= 11 is 0. The molecule has 0 aromatic heterocycles. The summed E-state index contributed by atoms with van der Waals surface area (Å²) in [5.41, 5.74) is 1.38. The molecule has 170 valence electrons. The highest BCUT2D eigenvalue weighted by Crippen LogP contribution is 2.27. The fourth-order valence-corrected chi connectivity index (χ4v) is 3.77. The van der Waals surface area contributed by atoms with Gasteiger partial charge in [0.15, 0.2) is 0 Å². The van der Waals surface area contributed by atoms with Crippen LogP contribution in [0.25, 0.3) is 0 Å². The van der Waals surface area contributed by atoms with Gasteiger partial charge < -0.3 is 9.47 Å². The minimum absolute atomic E-state index is 0.0392. The van der Waals surface area contributed by atoms with Crippen LogP contribution in [0.15, 0.2) is 36.4 Å². The smallest absolute Gasteiger partial charge is 0.123 e. The van der Waals surface area contributed by atoms with Crippen LogP contribution >= 0.6 is 0 Å². The average molecular weight is 415 g/mol. The number of aryl methyl sites for hydroxylation is 1. The number of allylic oxidation sites excluding steroid dienone is 2. The van der Waals surface area contributed by atoms with E-state index in [9.17, 15) is 0 Å². The molecule has 1 saturated heterocycles. The Morgan fingerprint density at radius 3 is 1.90 bits per heavy atom. The third-order valence-electron chi connectivity index (χ3n) is 6.08. The van der Waals surface area contributed by atoms with Crippen LogP contribution in [0.1, 0.15) is 109 Å². The second kappa shape index (κ2) is 15.5. The van der Waals surface area contributed by atoms with Gasteiger partial charge in [0.25, 0.3) is 0 Å². The summed E-state index contributed by atoms with van der Waals surface area (Å²) < 4.78 is 11.1. The Bertz CT molecular complexity index is 557. The largest absolute Gasteiger partial charge is 0.491 e. The maximum atomic E-state index is 5.79. The molecular weight excluding hydrogens is 368 g/mol. The number of benzene rings is 1. The zero-order valence-corrected chi connectivity index (χ0v) is 19.8. The summed E-state index contributed by atoms with van der Waals surface area (Å²) in [5, 5.41) is 0. The monoisotopic (exact) mass is 414 g/mol. The van der Waals surface area contributed by atoms with Crippen molar-refractivity contribution >= 4 is 0 Å². The van der Waals surface area contributed by atoms with Crippen molar-refractivity contribution in [1.29, 1.82) is 0 Å². The number of epoxide rings is 1. The van der Waals surface area contributed by atoms with E-state index in [1.807, 2.05) is 0 Å². The van der Waals surface area contributed by atoms with E-state index in [0.717, 1.165) is 12.4 Å². The van der Waals surface area contributed by atoms with Gasteiger partial charge >= 0.3 is 0 Å². The molecule has 1 fully saturated rings. The van der Waals surface area contributed by atoms with Crippen molar-refractivity contribution in [3.05, 3.63) is 42.0 Å². The Morgan fingerprint density at radius 1 is 0.800 bits per heavy atom. The first-order chi connectivity index (χ1) is 14.7. The summed E-state index contributed by atoms with van der Waals surface area (Å²) in [7, 11) is 0. The van der Waals surface area contributed by atoms with Crippen molar-refractivity contribution in [1.82, 2.24) is 0 Å². The third kappa shape index (κ3) is 12.4. The van der Waals surface area contributed by atoms with Crippen LogP contribution in [-0.2, 0) is 11.2 Å². The molecule has 2 rings (SSSR count). The van der Waals surface area contributed by atoms with E-state index in [1.165, 1.54) is 102 Å². The predicted molar refractivity (Wildman–Crippen MR) is 129 cm³/mol. The Balaban J connectivity index is 1.35. The predicted octanol–water partition coefficient (Wildman–Crippen LogP) is 8.43. The molecule has 1 unspecified atom stereocenters. The maximum Gasteiger partial charge on any atom is 0.123 e. The van der Waals surface area contributed by atoms with Gasteiger partial charge in [0.05, 0.1) is 6.61 Å². The van der Waals surface area contributed by atoms with E-state index < -0.39 is 0 Å². The molecule has 1 heterocycles. The maximum absolute atomic E-state index is 5.79. The first-order valence-electron chi connectivity index (χ1n) is 12.7. The van der Waals surface area contributed by atoms with Gasteiger partial charge in [-0.1, -0.05) is 89.0 Å². The SMILES string of the molecule is CCCCCCCC/C=C/CCCCCCCCc1ccc(OCC2(C)CO2)cc1. The molecule has 0 radical (unpaired) electrons. The molecule has 2 nitrogen and oxygen atoms in total. The number of hydrogen-bond donors (Lipinski definition) is 0. The summed E-state index contributed by atoms with van der Waals surface area (Å²) in [5.74, 6) is 0.955. The Kier molecular flexibility index (Phi) is 12.9. The Morgan fingerprint density at radius 2 is 1.33 bits per heavy atom. The molecule has 0 saturated carbocycles. The van der Waals surface area contributed by atoms with E-state index in [-0.39, 0.29) is 5.60 Å². The molecule has 1 atom stereocenters. The van der Waals surface area contributed by atoms with Crippen LogP contribution in [-0.4, -0.2) is 18.8 Å². The Labute approximate surface area is 186 Å². The molecule has 30 heavy (non-hydrogen) atoms. The van der Waals surface area contributed by atoms with Gasteiger partial charge in [-0.3, -0.25) is 0 Å². The molecule has 2 heteroatoms. The second-order valence-electron chi connectivity index (χ2n) is 9.36. The third-order valence-corrected chi connectivity index (χ3v) is 6.08. The fourth-order valence-electron chi connectivity index (χ4n) is 3.77. The summed E-state index contributed by atoms with van der Waals surface area (Å²) in [4.78, 5) is 0. The minimum Gasteiger partial charge on any atom is -0.491 e. The van der Waals surface area contributed by atoms with Crippen LogP contribution in [0.4, 0.5) is 0 Å². The van der Waals surface area contributed by atoms with E-state index in [0.29, 0.717) is 6.61 Å². The van der Waals surface area contributed by atoms with Crippen molar-refractivity contribution in [2.24, 2.45) is 0 Å². The van der Waals surface area contributed by atoms with Gasteiger partial charge in [-0.05, 0) is 63.1 Å². The van der Waals surface area contributed by atoms with E-state index in [2.05, 4.69) is 50.3 Å². The molecule has 0 amide bonds. The number of ether oxygens (including phenoxy) is 2. The summed E-state index contributed by atoms with van der Waals surface area (Å²) in [6.07, 6.45) is 25.1. The average Bonchev–Trinajstić information content (AvgIpc) is 3.50. The van der Waals surface area contributed by atoms with Gasteiger partial charge in [0.1, 0.15) is 18.0 Å². The molecule has 1 aromatic carbocycles. The van der Waals surface area contributed by atoms with Gasteiger partial charge in [-0.15, -0.1) is 0 Å². The first kappa shape index (κ1) is 25.0. The lowest BCUT2D eigenvalue weighted by molar-refractivity contribution is 0.202. The molecule has 1 aliphatic heterocycles. The summed E-state index contributed by atoms with van der Waals surface area (Å²) in [6, 6.07) is 8.62. The fraction of sp³-hybridized carbons (Fsp3) is 0.714. The van der Waals surface area contributed by atoms with Crippen molar-refractivity contribution < 1.29 is 9.47 Å². The van der Waals surface area contributed by atoms with Crippen molar-refractivity contribution in [3.63, 3.8) is 0 Å². The summed E-state index contributed by atoms with van der Waals surface area (Å²) in [6.45, 7) is 5.85. The zero-order valence-electron chi connectivity index (χ0n) is 19.8. The number of unbranched alkanes of at least 4 members (excludes halogenated alkanes) is 12. The molecule has 1 aliphatic rings.